The molecule has 1 nitrogen and oxygen atoms in total. The van der Waals surface area contributed by atoms with E-state index in [2.05, 4.69) is 0 Å². The first-order valence-corrected chi connectivity index (χ1v) is 6.89. The van der Waals surface area contributed by atoms with E-state index in [0.717, 1.165) is 18.1 Å². The van der Waals surface area contributed by atoms with Crippen molar-refractivity contribution in [1.29, 1.82) is 0 Å². The van der Waals surface area contributed by atoms with Gasteiger partial charge in [0.2, 0.25) is 0 Å². The lowest BCUT2D eigenvalue weighted by Gasteiger charge is -2.16. The van der Waals surface area contributed by atoms with Gasteiger partial charge in [-0.2, -0.15) is 13.2 Å². The number of hydrogen-bond donors (Lipinski definition) is 1. The zero-order chi connectivity index (χ0) is 15.3. The molecule has 0 aliphatic heterocycles. The van der Waals surface area contributed by atoms with Crippen LogP contribution < -0.4 is 5.73 Å². The van der Waals surface area contributed by atoms with Crippen molar-refractivity contribution in [1.82, 2.24) is 0 Å². The van der Waals surface area contributed by atoms with Crippen molar-refractivity contribution in [3.8, 4) is 0 Å². The largest absolute Gasteiger partial charge is 0.416 e. The van der Waals surface area contributed by atoms with Crippen LogP contribution >= 0.6 is 0 Å². The normalized spacial score (nSPS) is 13.1. The molecule has 0 bridgehead atoms. The first-order valence-electron chi connectivity index (χ1n) is 6.89. The lowest BCUT2D eigenvalue weighted by Crippen LogP contribution is -2.19. The molecule has 0 heterocycles. The second kappa shape index (κ2) is 6.76. The average molecular weight is 293 g/mol. The summed E-state index contributed by atoms with van der Waals surface area (Å²) in [5.74, 6) is 0.135. The first kappa shape index (κ1) is 15.6. The number of alkyl halides is 3. The smallest absolute Gasteiger partial charge is 0.330 e. The number of nitrogens with two attached hydrogens (primary N) is 1. The minimum Gasteiger partial charge on any atom is -0.330 e. The Labute approximate surface area is 122 Å². The van der Waals surface area contributed by atoms with Gasteiger partial charge in [-0.15, -0.1) is 0 Å². The van der Waals surface area contributed by atoms with Gasteiger partial charge in [-0.1, -0.05) is 48.5 Å². The molecule has 0 aliphatic rings. The molecular weight excluding hydrogens is 275 g/mol. The van der Waals surface area contributed by atoms with Gasteiger partial charge in [0.15, 0.2) is 0 Å². The van der Waals surface area contributed by atoms with E-state index in [4.69, 9.17) is 5.73 Å². The molecule has 0 saturated carbocycles. The molecule has 0 aliphatic carbocycles. The average Bonchev–Trinajstić information content (AvgIpc) is 2.47. The van der Waals surface area contributed by atoms with Gasteiger partial charge >= 0.3 is 6.18 Å². The van der Waals surface area contributed by atoms with Crippen molar-refractivity contribution in [3.63, 3.8) is 0 Å². The summed E-state index contributed by atoms with van der Waals surface area (Å²) in [5, 5.41) is 0. The van der Waals surface area contributed by atoms with E-state index in [1.54, 1.807) is 6.07 Å². The lowest BCUT2D eigenvalue weighted by molar-refractivity contribution is -0.137. The Bertz CT molecular complexity index is 564. The highest BCUT2D eigenvalue weighted by atomic mass is 19.4. The van der Waals surface area contributed by atoms with Crippen LogP contribution in [0.3, 0.4) is 0 Å². The highest BCUT2D eigenvalue weighted by Gasteiger charge is 2.30. The summed E-state index contributed by atoms with van der Waals surface area (Å²) in [6.45, 7) is 0.450. The fraction of sp³-hybridized carbons (Fsp3) is 0.294. The second-order valence-electron chi connectivity index (χ2n) is 5.19. The predicted octanol–water partition coefficient (Wildman–Crippen LogP) is 4.07. The number of benzene rings is 2. The van der Waals surface area contributed by atoms with Crippen molar-refractivity contribution in [2.24, 2.45) is 11.7 Å². The molecule has 0 spiro atoms. The fourth-order valence-corrected chi connectivity index (χ4v) is 2.39. The van der Waals surface area contributed by atoms with E-state index < -0.39 is 11.7 Å². The van der Waals surface area contributed by atoms with Crippen LogP contribution in [-0.2, 0) is 19.0 Å². The van der Waals surface area contributed by atoms with E-state index in [-0.39, 0.29) is 5.92 Å². The Morgan fingerprint density at radius 3 is 2.10 bits per heavy atom. The Morgan fingerprint density at radius 1 is 0.857 bits per heavy atom. The van der Waals surface area contributed by atoms with Crippen LogP contribution in [0.5, 0.6) is 0 Å². The van der Waals surface area contributed by atoms with Gasteiger partial charge in [0.1, 0.15) is 0 Å². The molecule has 112 valence electrons. The molecule has 2 N–H and O–H groups in total. The van der Waals surface area contributed by atoms with E-state index in [1.807, 2.05) is 30.3 Å². The van der Waals surface area contributed by atoms with Crippen LogP contribution in [0, 0.1) is 5.92 Å². The monoisotopic (exact) mass is 293 g/mol. The lowest BCUT2D eigenvalue weighted by atomic mass is 9.92. The Balaban J connectivity index is 2.08. The van der Waals surface area contributed by atoms with Gasteiger partial charge in [0.05, 0.1) is 5.56 Å². The summed E-state index contributed by atoms with van der Waals surface area (Å²) in [6.07, 6.45) is -2.98. The van der Waals surface area contributed by atoms with Crippen LogP contribution in [0.25, 0.3) is 0 Å². The van der Waals surface area contributed by atoms with Crippen LogP contribution in [0.1, 0.15) is 16.7 Å². The molecule has 0 fully saturated rings. The molecule has 2 aromatic carbocycles. The number of rotatable bonds is 5. The Kier molecular flexibility index (Phi) is 5.02. The van der Waals surface area contributed by atoms with Crippen LogP contribution in [-0.4, -0.2) is 6.54 Å². The molecule has 2 aromatic rings. The summed E-state index contributed by atoms with van der Waals surface area (Å²) in [7, 11) is 0. The van der Waals surface area contributed by atoms with Gasteiger partial charge < -0.3 is 5.73 Å². The summed E-state index contributed by atoms with van der Waals surface area (Å²) in [6, 6.07) is 15.3. The van der Waals surface area contributed by atoms with Gasteiger partial charge in [-0.05, 0) is 42.5 Å². The van der Waals surface area contributed by atoms with Crippen LogP contribution in [0.4, 0.5) is 13.2 Å². The molecular formula is C17H18F3N. The standard InChI is InChI=1S/C17H18F3N/c18-17(19,20)16-8-4-7-14(11-16)10-15(12-21)9-13-5-2-1-3-6-13/h1-8,11,15H,9-10,12,21H2. The highest BCUT2D eigenvalue weighted by Crippen LogP contribution is 2.30. The summed E-state index contributed by atoms with van der Waals surface area (Å²) in [4.78, 5) is 0. The Morgan fingerprint density at radius 2 is 1.48 bits per heavy atom. The van der Waals surface area contributed by atoms with E-state index in [9.17, 15) is 13.2 Å². The molecule has 2 rings (SSSR count). The van der Waals surface area contributed by atoms with E-state index >= 15 is 0 Å². The maximum Gasteiger partial charge on any atom is 0.416 e. The zero-order valence-corrected chi connectivity index (χ0v) is 11.6. The van der Waals surface area contributed by atoms with Gasteiger partial charge in [0, 0.05) is 0 Å². The molecule has 1 atom stereocenters. The fourth-order valence-electron chi connectivity index (χ4n) is 2.39. The van der Waals surface area contributed by atoms with Gasteiger partial charge in [-0.3, -0.25) is 0 Å². The van der Waals surface area contributed by atoms with E-state index in [0.29, 0.717) is 18.5 Å². The topological polar surface area (TPSA) is 26.0 Å². The van der Waals surface area contributed by atoms with Crippen molar-refractivity contribution in [2.45, 2.75) is 19.0 Å². The highest BCUT2D eigenvalue weighted by molar-refractivity contribution is 5.26. The van der Waals surface area contributed by atoms with Crippen molar-refractivity contribution in [2.75, 3.05) is 6.54 Å². The molecule has 1 unspecified atom stereocenters. The quantitative estimate of drug-likeness (QED) is 0.883. The SMILES string of the molecule is NCC(Cc1ccccc1)Cc1cccc(C(F)(F)F)c1. The van der Waals surface area contributed by atoms with Crippen molar-refractivity contribution >= 4 is 0 Å². The maximum atomic E-state index is 12.7. The second-order valence-corrected chi connectivity index (χ2v) is 5.19. The third kappa shape index (κ3) is 4.60. The third-order valence-electron chi connectivity index (χ3n) is 3.48. The van der Waals surface area contributed by atoms with E-state index in [1.165, 1.54) is 12.1 Å². The minimum atomic E-state index is -4.30. The van der Waals surface area contributed by atoms with Gasteiger partial charge in [0.25, 0.3) is 0 Å². The molecule has 4 heteroatoms. The minimum absolute atomic E-state index is 0.135. The first-order chi connectivity index (χ1) is 9.99. The maximum absolute atomic E-state index is 12.7. The Hall–Kier alpha value is -1.81. The number of halogens is 3. The molecule has 0 amide bonds. The molecule has 21 heavy (non-hydrogen) atoms. The van der Waals surface area contributed by atoms with Crippen molar-refractivity contribution in [3.05, 3.63) is 71.3 Å². The zero-order valence-electron chi connectivity index (χ0n) is 11.6. The molecule has 0 aromatic heterocycles. The number of hydrogen-bond acceptors (Lipinski definition) is 1. The predicted molar refractivity (Wildman–Crippen MR) is 77.8 cm³/mol. The third-order valence-corrected chi connectivity index (χ3v) is 3.48. The molecule has 0 radical (unpaired) electrons. The molecule has 0 saturated heterocycles. The van der Waals surface area contributed by atoms with Gasteiger partial charge in [-0.25, -0.2) is 0 Å². The summed E-state index contributed by atoms with van der Waals surface area (Å²) < 4.78 is 38.1. The van der Waals surface area contributed by atoms with Crippen LogP contribution in [0.15, 0.2) is 54.6 Å². The van der Waals surface area contributed by atoms with Crippen LogP contribution in [0.2, 0.25) is 0 Å². The van der Waals surface area contributed by atoms with Crippen molar-refractivity contribution < 1.29 is 13.2 Å². The summed E-state index contributed by atoms with van der Waals surface area (Å²) in [5.41, 5.74) is 7.00. The summed E-state index contributed by atoms with van der Waals surface area (Å²) >= 11 is 0.